The van der Waals surface area contributed by atoms with Crippen LogP contribution in [0.1, 0.15) is 33.8 Å². The van der Waals surface area contributed by atoms with Gasteiger partial charge in [-0.05, 0) is 47.9 Å². The normalized spacial score (nSPS) is 10.8. The second-order valence-electron chi connectivity index (χ2n) is 6.93. The molecule has 3 aromatic rings. The molecule has 1 heterocycles. The molecule has 0 aliphatic heterocycles. The van der Waals surface area contributed by atoms with Gasteiger partial charge in [-0.2, -0.15) is 0 Å². The molecule has 0 atom stereocenters. The molecule has 1 amide bonds. The first kappa shape index (κ1) is 22.4. The van der Waals surface area contributed by atoms with Gasteiger partial charge in [-0.1, -0.05) is 24.3 Å². The Morgan fingerprint density at radius 1 is 0.935 bits per heavy atom. The van der Waals surface area contributed by atoms with Crippen LogP contribution in [0.4, 0.5) is 8.78 Å². The molecule has 3 rings (SSSR count). The summed E-state index contributed by atoms with van der Waals surface area (Å²) in [7, 11) is 1.58. The van der Waals surface area contributed by atoms with E-state index < -0.39 is 0 Å². The number of hydrogen-bond acceptors (Lipinski definition) is 4. The van der Waals surface area contributed by atoms with E-state index in [0.717, 1.165) is 11.1 Å². The maximum atomic E-state index is 13.3. The van der Waals surface area contributed by atoms with Crippen molar-refractivity contribution in [3.8, 4) is 5.88 Å². The molecule has 2 aromatic carbocycles. The molecule has 0 unspecified atom stereocenters. The Morgan fingerprint density at radius 2 is 1.55 bits per heavy atom. The van der Waals surface area contributed by atoms with E-state index in [1.54, 1.807) is 43.5 Å². The predicted molar refractivity (Wildman–Crippen MR) is 113 cm³/mol. The molecule has 0 spiro atoms. The summed E-state index contributed by atoms with van der Waals surface area (Å²) in [4.78, 5) is 16.6. The van der Waals surface area contributed by atoms with Crippen molar-refractivity contribution in [2.24, 2.45) is 0 Å². The molecule has 31 heavy (non-hydrogen) atoms. The number of pyridine rings is 1. The van der Waals surface area contributed by atoms with Crippen LogP contribution >= 0.6 is 0 Å². The summed E-state index contributed by atoms with van der Waals surface area (Å²) in [5, 5.41) is 2.88. The fourth-order valence-electron chi connectivity index (χ4n) is 3.18. The highest BCUT2D eigenvalue weighted by molar-refractivity contribution is 5.93. The monoisotopic (exact) mass is 426 g/mol. The Morgan fingerprint density at radius 3 is 2.06 bits per heavy atom. The lowest BCUT2D eigenvalue weighted by atomic mass is 9.88. The molecule has 0 fully saturated rings. The topological polar surface area (TPSA) is 60.5 Å². The van der Waals surface area contributed by atoms with E-state index in [1.165, 1.54) is 30.5 Å². The number of aromatic nitrogens is 1. The number of amides is 1. The molecule has 0 saturated carbocycles. The minimum Gasteiger partial charge on any atom is -0.475 e. The molecule has 5 nitrogen and oxygen atoms in total. The van der Waals surface area contributed by atoms with Gasteiger partial charge in [-0.3, -0.25) is 4.79 Å². The van der Waals surface area contributed by atoms with Gasteiger partial charge in [-0.25, -0.2) is 13.8 Å². The molecule has 0 bridgehead atoms. The molecule has 0 aliphatic carbocycles. The van der Waals surface area contributed by atoms with Crippen molar-refractivity contribution in [1.82, 2.24) is 10.3 Å². The highest BCUT2D eigenvalue weighted by Crippen LogP contribution is 2.28. The third-order valence-electron chi connectivity index (χ3n) is 4.80. The first-order chi connectivity index (χ1) is 15.1. The minimum atomic E-state index is -0.322. The number of halogens is 2. The van der Waals surface area contributed by atoms with Crippen molar-refractivity contribution in [3.63, 3.8) is 0 Å². The number of nitrogens with one attached hydrogen (secondary N) is 1. The van der Waals surface area contributed by atoms with Crippen LogP contribution in [0.25, 0.3) is 0 Å². The SMILES string of the molecule is COCCOc1ccc(C(=O)NCCC(c2ccc(F)cc2)c2ccc(F)cc2)cn1. The minimum absolute atomic E-state index is 0.115. The predicted octanol–water partition coefficient (Wildman–Crippen LogP) is 4.34. The molecular formula is C24H24F2N2O3. The second kappa shape index (κ2) is 11.2. The molecule has 0 aliphatic rings. The standard InChI is InChI=1S/C24H24F2N2O3/c1-30-14-15-31-23-11-6-19(16-28-23)24(29)27-13-12-22(17-2-7-20(25)8-3-17)18-4-9-21(26)10-5-18/h2-11,16,22H,12-15H2,1H3,(H,27,29). The highest BCUT2D eigenvalue weighted by atomic mass is 19.1. The van der Waals surface area contributed by atoms with Crippen molar-refractivity contribution >= 4 is 5.91 Å². The van der Waals surface area contributed by atoms with Gasteiger partial charge in [0.15, 0.2) is 0 Å². The van der Waals surface area contributed by atoms with Gasteiger partial charge in [0.25, 0.3) is 5.91 Å². The van der Waals surface area contributed by atoms with Gasteiger partial charge in [0.2, 0.25) is 5.88 Å². The smallest absolute Gasteiger partial charge is 0.252 e. The molecular weight excluding hydrogens is 402 g/mol. The Bertz CT molecular complexity index is 916. The van der Waals surface area contributed by atoms with Crippen LogP contribution in [0.15, 0.2) is 66.9 Å². The maximum Gasteiger partial charge on any atom is 0.252 e. The summed E-state index contributed by atoms with van der Waals surface area (Å²) in [5.74, 6) is -0.598. The van der Waals surface area contributed by atoms with E-state index in [2.05, 4.69) is 10.3 Å². The van der Waals surface area contributed by atoms with Gasteiger partial charge in [0.1, 0.15) is 18.2 Å². The van der Waals surface area contributed by atoms with E-state index in [1.807, 2.05) is 0 Å². The zero-order valence-corrected chi connectivity index (χ0v) is 17.2. The van der Waals surface area contributed by atoms with Gasteiger partial charge >= 0.3 is 0 Å². The van der Waals surface area contributed by atoms with E-state index in [-0.39, 0.29) is 23.5 Å². The summed E-state index contributed by atoms with van der Waals surface area (Å²) in [6.45, 7) is 1.21. The first-order valence-corrected chi connectivity index (χ1v) is 9.93. The lowest BCUT2D eigenvalue weighted by molar-refractivity contribution is 0.0952. The summed E-state index contributed by atoms with van der Waals surface area (Å²) in [5.41, 5.74) is 2.20. The number of hydrogen-bond donors (Lipinski definition) is 1. The zero-order chi connectivity index (χ0) is 22.1. The van der Waals surface area contributed by atoms with Crippen LogP contribution in [0, 0.1) is 11.6 Å². The van der Waals surface area contributed by atoms with Crippen LogP contribution in [-0.2, 0) is 4.74 Å². The summed E-state index contributed by atoms with van der Waals surface area (Å²) < 4.78 is 37.0. The fourth-order valence-corrected chi connectivity index (χ4v) is 3.18. The van der Waals surface area contributed by atoms with Crippen LogP contribution in [0.3, 0.4) is 0 Å². The number of benzene rings is 2. The maximum absolute atomic E-state index is 13.3. The Kier molecular flexibility index (Phi) is 8.06. The molecule has 1 aromatic heterocycles. The van der Waals surface area contributed by atoms with Crippen LogP contribution in [-0.4, -0.2) is 37.8 Å². The largest absolute Gasteiger partial charge is 0.475 e. The number of rotatable bonds is 10. The van der Waals surface area contributed by atoms with Gasteiger partial charge < -0.3 is 14.8 Å². The number of nitrogens with zero attached hydrogens (tertiary/aromatic N) is 1. The lowest BCUT2D eigenvalue weighted by Gasteiger charge is -2.18. The van der Waals surface area contributed by atoms with Crippen LogP contribution in [0.2, 0.25) is 0 Å². The van der Waals surface area contributed by atoms with E-state index in [0.29, 0.717) is 37.6 Å². The number of ether oxygens (including phenoxy) is 2. The fraction of sp³-hybridized carbons (Fsp3) is 0.250. The van der Waals surface area contributed by atoms with E-state index in [9.17, 15) is 13.6 Å². The van der Waals surface area contributed by atoms with E-state index in [4.69, 9.17) is 9.47 Å². The van der Waals surface area contributed by atoms with Gasteiger partial charge in [0, 0.05) is 31.8 Å². The van der Waals surface area contributed by atoms with Crippen molar-refractivity contribution in [2.75, 3.05) is 26.9 Å². The lowest BCUT2D eigenvalue weighted by Crippen LogP contribution is -2.26. The van der Waals surface area contributed by atoms with Crippen LogP contribution in [0.5, 0.6) is 5.88 Å². The van der Waals surface area contributed by atoms with Crippen molar-refractivity contribution < 1.29 is 23.0 Å². The summed E-state index contributed by atoms with van der Waals surface area (Å²) >= 11 is 0. The third kappa shape index (κ3) is 6.58. The quantitative estimate of drug-likeness (QED) is 0.490. The number of carbonyl (C=O) groups excluding carboxylic acids is 1. The highest BCUT2D eigenvalue weighted by Gasteiger charge is 2.16. The van der Waals surface area contributed by atoms with Crippen molar-refractivity contribution in [1.29, 1.82) is 0 Å². The Labute approximate surface area is 180 Å². The molecule has 7 heteroatoms. The summed E-state index contributed by atoms with van der Waals surface area (Å²) in [6.07, 6.45) is 2.02. The average Bonchev–Trinajstić information content (AvgIpc) is 2.79. The third-order valence-corrected chi connectivity index (χ3v) is 4.80. The van der Waals surface area contributed by atoms with E-state index >= 15 is 0 Å². The second-order valence-corrected chi connectivity index (χ2v) is 6.93. The molecule has 1 N–H and O–H groups in total. The summed E-state index contributed by atoms with van der Waals surface area (Å²) in [6, 6.07) is 15.7. The Hall–Kier alpha value is -3.32. The Balaban J connectivity index is 1.61. The van der Waals surface area contributed by atoms with Gasteiger partial charge in [-0.15, -0.1) is 0 Å². The molecule has 162 valence electrons. The van der Waals surface area contributed by atoms with Gasteiger partial charge in [0.05, 0.1) is 12.2 Å². The number of carbonyl (C=O) groups is 1. The first-order valence-electron chi connectivity index (χ1n) is 9.93. The average molecular weight is 426 g/mol. The molecule has 0 radical (unpaired) electrons. The van der Waals surface area contributed by atoms with Crippen molar-refractivity contribution in [3.05, 3.63) is 95.2 Å². The van der Waals surface area contributed by atoms with Crippen LogP contribution < -0.4 is 10.1 Å². The number of methoxy groups -OCH3 is 1. The van der Waals surface area contributed by atoms with Crippen molar-refractivity contribution in [2.45, 2.75) is 12.3 Å². The molecule has 0 saturated heterocycles. The zero-order valence-electron chi connectivity index (χ0n) is 17.2.